The van der Waals surface area contributed by atoms with Crippen LogP contribution in [0, 0.1) is 0 Å². The molecule has 0 atom stereocenters. The molecule has 0 aliphatic rings. The number of aromatic nitrogens is 2. The van der Waals surface area contributed by atoms with Crippen LogP contribution in [0.4, 0.5) is 0 Å². The second-order valence-electron chi connectivity index (χ2n) is 11.2. The first-order valence-electron chi connectivity index (χ1n) is 14.7. The molecule has 0 saturated heterocycles. The third-order valence-electron chi connectivity index (χ3n) is 8.77. The van der Waals surface area contributed by atoms with Crippen molar-refractivity contribution < 1.29 is 0 Å². The first-order valence-corrected chi connectivity index (χ1v) is 14.7. The lowest BCUT2D eigenvalue weighted by Gasteiger charge is -2.18. The summed E-state index contributed by atoms with van der Waals surface area (Å²) in [5.41, 5.74) is 6.79. The number of hydrogen-bond donors (Lipinski definition) is 0. The summed E-state index contributed by atoms with van der Waals surface area (Å²) in [6, 6.07) is 56.7. The van der Waals surface area contributed by atoms with E-state index in [1.165, 1.54) is 54.2 Å². The molecular formula is C41H26N2. The largest absolute Gasteiger partial charge is 0.292 e. The van der Waals surface area contributed by atoms with Crippen LogP contribution >= 0.6 is 0 Å². The lowest BCUT2D eigenvalue weighted by atomic mass is 9.88. The molecule has 9 rings (SSSR count). The van der Waals surface area contributed by atoms with E-state index in [1.807, 2.05) is 0 Å². The van der Waals surface area contributed by atoms with Crippen LogP contribution in [-0.2, 0) is 0 Å². The number of imidazole rings is 1. The van der Waals surface area contributed by atoms with Crippen molar-refractivity contribution in [3.8, 4) is 28.2 Å². The Bertz CT molecular complexity index is 2500. The van der Waals surface area contributed by atoms with E-state index in [0.717, 1.165) is 28.1 Å². The summed E-state index contributed by atoms with van der Waals surface area (Å²) in [7, 11) is 0. The van der Waals surface area contributed by atoms with Gasteiger partial charge in [-0.05, 0) is 73.1 Å². The molecule has 2 nitrogen and oxygen atoms in total. The smallest absolute Gasteiger partial charge is 0.145 e. The molecule has 9 aromatic rings. The average Bonchev–Trinajstić information content (AvgIpc) is 3.47. The van der Waals surface area contributed by atoms with Crippen molar-refractivity contribution in [1.29, 1.82) is 0 Å². The van der Waals surface area contributed by atoms with Gasteiger partial charge in [0.1, 0.15) is 5.82 Å². The van der Waals surface area contributed by atoms with Gasteiger partial charge in [0, 0.05) is 10.9 Å². The maximum Gasteiger partial charge on any atom is 0.145 e. The van der Waals surface area contributed by atoms with Crippen LogP contribution in [0.5, 0.6) is 0 Å². The van der Waals surface area contributed by atoms with Crippen molar-refractivity contribution in [3.05, 3.63) is 158 Å². The molecule has 0 fully saturated rings. The molecule has 0 amide bonds. The fraction of sp³-hybridized carbons (Fsp3) is 0. The molecule has 8 aromatic carbocycles. The second kappa shape index (κ2) is 9.40. The maximum atomic E-state index is 5.11. The van der Waals surface area contributed by atoms with E-state index in [0.29, 0.717) is 0 Å². The van der Waals surface area contributed by atoms with E-state index in [-0.39, 0.29) is 0 Å². The van der Waals surface area contributed by atoms with E-state index >= 15 is 0 Å². The van der Waals surface area contributed by atoms with Gasteiger partial charge in [-0.2, -0.15) is 0 Å². The number of nitrogens with zero attached hydrogens (tertiary/aromatic N) is 2. The molecule has 2 heteroatoms. The van der Waals surface area contributed by atoms with Crippen molar-refractivity contribution in [2.75, 3.05) is 0 Å². The summed E-state index contributed by atoms with van der Waals surface area (Å²) in [4.78, 5) is 5.11. The van der Waals surface area contributed by atoms with Gasteiger partial charge in [0.2, 0.25) is 0 Å². The highest BCUT2D eigenvalue weighted by molar-refractivity contribution is 6.24. The quantitative estimate of drug-likeness (QED) is 0.202. The van der Waals surface area contributed by atoms with Crippen molar-refractivity contribution in [3.63, 3.8) is 0 Å². The van der Waals surface area contributed by atoms with Crippen LogP contribution in [0.2, 0.25) is 0 Å². The summed E-state index contributed by atoms with van der Waals surface area (Å²) < 4.78 is 2.32. The minimum atomic E-state index is 0.947. The Labute approximate surface area is 249 Å². The van der Waals surface area contributed by atoms with E-state index < -0.39 is 0 Å². The molecule has 0 saturated carbocycles. The Balaban J connectivity index is 1.36. The summed E-state index contributed by atoms with van der Waals surface area (Å²) in [5.74, 6) is 0.947. The van der Waals surface area contributed by atoms with Crippen LogP contribution < -0.4 is 0 Å². The minimum absolute atomic E-state index is 0.947. The zero-order chi connectivity index (χ0) is 28.3. The van der Waals surface area contributed by atoms with Gasteiger partial charge >= 0.3 is 0 Å². The fourth-order valence-electron chi connectivity index (χ4n) is 6.87. The fourth-order valence-corrected chi connectivity index (χ4v) is 6.87. The topological polar surface area (TPSA) is 17.8 Å². The van der Waals surface area contributed by atoms with Gasteiger partial charge in [0.25, 0.3) is 0 Å². The first kappa shape index (κ1) is 23.9. The molecule has 0 unspecified atom stereocenters. The number of para-hydroxylation sites is 2. The number of hydrogen-bond acceptors (Lipinski definition) is 1. The van der Waals surface area contributed by atoms with Crippen LogP contribution in [0.15, 0.2) is 158 Å². The summed E-state index contributed by atoms with van der Waals surface area (Å²) in [5, 5.41) is 10.1. The summed E-state index contributed by atoms with van der Waals surface area (Å²) in [6.07, 6.45) is 0. The minimum Gasteiger partial charge on any atom is -0.292 e. The second-order valence-corrected chi connectivity index (χ2v) is 11.2. The lowest BCUT2D eigenvalue weighted by Crippen LogP contribution is -1.99. The van der Waals surface area contributed by atoms with E-state index in [1.54, 1.807) is 0 Å². The molecular weight excluding hydrogens is 520 g/mol. The van der Waals surface area contributed by atoms with Gasteiger partial charge in [-0.3, -0.25) is 4.57 Å². The third kappa shape index (κ3) is 3.63. The SMILES string of the molecule is c1ccc(-c2nc3ccccc3n2-c2ccc(-c3cc4ccc5ccccc5c4c4ccccc34)c3ccccc23)cc1. The summed E-state index contributed by atoms with van der Waals surface area (Å²) in [6.45, 7) is 0. The molecule has 0 aliphatic carbocycles. The van der Waals surface area contributed by atoms with E-state index in [9.17, 15) is 0 Å². The molecule has 0 spiro atoms. The van der Waals surface area contributed by atoms with Crippen molar-refractivity contribution in [2.45, 2.75) is 0 Å². The van der Waals surface area contributed by atoms with Crippen molar-refractivity contribution >= 4 is 54.1 Å². The molecule has 0 aliphatic heterocycles. The molecule has 1 aromatic heterocycles. The van der Waals surface area contributed by atoms with Crippen LogP contribution in [-0.4, -0.2) is 9.55 Å². The monoisotopic (exact) mass is 546 g/mol. The Hall–Kier alpha value is -5.73. The molecule has 43 heavy (non-hydrogen) atoms. The molecule has 0 radical (unpaired) electrons. The third-order valence-corrected chi connectivity index (χ3v) is 8.77. The Morgan fingerprint density at radius 3 is 1.88 bits per heavy atom. The van der Waals surface area contributed by atoms with Gasteiger partial charge in [-0.15, -0.1) is 0 Å². The Kier molecular flexibility index (Phi) is 5.23. The number of fused-ring (bicyclic) bond motifs is 7. The highest BCUT2D eigenvalue weighted by Gasteiger charge is 2.19. The Morgan fingerprint density at radius 2 is 1.05 bits per heavy atom. The lowest BCUT2D eigenvalue weighted by molar-refractivity contribution is 1.11. The highest BCUT2D eigenvalue weighted by atomic mass is 15.1. The first-order chi connectivity index (χ1) is 21.3. The van der Waals surface area contributed by atoms with Crippen molar-refractivity contribution in [1.82, 2.24) is 9.55 Å². The molecule has 0 bridgehead atoms. The van der Waals surface area contributed by atoms with Gasteiger partial charge < -0.3 is 0 Å². The maximum absolute atomic E-state index is 5.11. The van der Waals surface area contributed by atoms with Gasteiger partial charge in [0.15, 0.2) is 0 Å². The van der Waals surface area contributed by atoms with Crippen LogP contribution in [0.3, 0.4) is 0 Å². The number of rotatable bonds is 3. The normalized spacial score (nSPS) is 11.7. The molecule has 0 N–H and O–H groups in total. The van der Waals surface area contributed by atoms with E-state index in [2.05, 4.69) is 162 Å². The zero-order valence-corrected chi connectivity index (χ0v) is 23.4. The van der Waals surface area contributed by atoms with Gasteiger partial charge in [0.05, 0.1) is 16.7 Å². The zero-order valence-electron chi connectivity index (χ0n) is 23.4. The van der Waals surface area contributed by atoms with Crippen molar-refractivity contribution in [2.24, 2.45) is 0 Å². The average molecular weight is 547 g/mol. The number of benzene rings is 8. The summed E-state index contributed by atoms with van der Waals surface area (Å²) >= 11 is 0. The molecule has 1 heterocycles. The predicted molar refractivity (Wildman–Crippen MR) is 182 cm³/mol. The van der Waals surface area contributed by atoms with Crippen LogP contribution in [0.1, 0.15) is 0 Å². The van der Waals surface area contributed by atoms with Crippen LogP contribution in [0.25, 0.3) is 82.3 Å². The Morgan fingerprint density at radius 1 is 0.419 bits per heavy atom. The predicted octanol–water partition coefficient (Wildman–Crippen LogP) is 11.0. The molecule has 200 valence electrons. The standard InChI is InChI=1S/C41H26N2/c1-2-13-28(14-3-1)41-42-37-20-10-11-21-39(37)43(41)38-25-24-33(31-16-6-8-18-34(31)38)36-26-29-23-22-27-12-4-5-15-30(27)40(29)35-19-9-7-17-32(35)36/h1-26H. The van der Waals surface area contributed by atoms with Gasteiger partial charge in [-0.1, -0.05) is 133 Å². The van der Waals surface area contributed by atoms with Gasteiger partial charge in [-0.25, -0.2) is 4.98 Å². The van der Waals surface area contributed by atoms with E-state index in [4.69, 9.17) is 4.98 Å². The highest BCUT2D eigenvalue weighted by Crippen LogP contribution is 2.42.